The molecular weight excluding hydrogens is 358 g/mol. The van der Waals surface area contributed by atoms with E-state index < -0.39 is 10.5 Å². The number of hydrogen-bond acceptors (Lipinski definition) is 5. The van der Waals surface area contributed by atoms with Crippen molar-refractivity contribution in [2.75, 3.05) is 7.05 Å². The molecule has 0 aliphatic rings. The van der Waals surface area contributed by atoms with E-state index in [2.05, 4.69) is 16.6 Å². The summed E-state index contributed by atoms with van der Waals surface area (Å²) in [6.07, 6.45) is 2.77. The van der Waals surface area contributed by atoms with Gasteiger partial charge >= 0.3 is 10.5 Å². The number of rotatable bonds is 7. The summed E-state index contributed by atoms with van der Waals surface area (Å²) >= 11 is 5.32. The molecule has 1 unspecified atom stereocenters. The Kier molecular flexibility index (Phi) is 8.71. The molecule has 8 heteroatoms. The minimum absolute atomic E-state index is 0.0428. The summed E-state index contributed by atoms with van der Waals surface area (Å²) < 4.78 is 25.2. The van der Waals surface area contributed by atoms with Gasteiger partial charge in [-0.05, 0) is 49.2 Å². The van der Waals surface area contributed by atoms with Crippen molar-refractivity contribution in [1.29, 1.82) is 0 Å². The number of nitrogens with zero attached hydrogens (tertiary/aromatic N) is 2. The summed E-state index contributed by atoms with van der Waals surface area (Å²) in [6.45, 7) is 5.88. The van der Waals surface area contributed by atoms with Crippen LogP contribution in [0.3, 0.4) is 0 Å². The Morgan fingerprint density at radius 3 is 2.56 bits per heavy atom. The fraction of sp³-hybridized carbons (Fsp3) is 0.529. The molecule has 6 nitrogen and oxygen atoms in total. The third-order valence-electron chi connectivity index (χ3n) is 3.96. The maximum atomic E-state index is 12.9. The summed E-state index contributed by atoms with van der Waals surface area (Å²) in [5, 5.41) is 3.29. The number of benzene rings is 1. The molecule has 0 fully saturated rings. The Balaban J connectivity index is 3.11. The van der Waals surface area contributed by atoms with Crippen LogP contribution in [0.5, 0.6) is 0 Å². The second-order valence-electron chi connectivity index (χ2n) is 5.78. The predicted molar refractivity (Wildman–Crippen MR) is 103 cm³/mol. The zero-order valence-corrected chi connectivity index (χ0v) is 16.7. The molecule has 1 amide bonds. The standard InChI is InChI=1S/C17H25N3O3S2/c1-5-7-14(6-2)20(17(24)18-4)16(21)11-13-9-8-12(3)15(10-13)19-25(22)23/h8-10,14H,5-7,11H2,1-4H3,(H,18,24). The molecule has 0 heterocycles. The first-order chi connectivity index (χ1) is 11.8. The van der Waals surface area contributed by atoms with Crippen molar-refractivity contribution in [3.8, 4) is 0 Å². The Morgan fingerprint density at radius 1 is 1.36 bits per heavy atom. The van der Waals surface area contributed by atoms with Gasteiger partial charge in [-0.1, -0.05) is 32.4 Å². The van der Waals surface area contributed by atoms with Crippen molar-refractivity contribution in [1.82, 2.24) is 10.2 Å². The Labute approximate surface area is 156 Å². The molecule has 25 heavy (non-hydrogen) atoms. The van der Waals surface area contributed by atoms with Gasteiger partial charge in [0, 0.05) is 13.1 Å². The highest BCUT2D eigenvalue weighted by Crippen LogP contribution is 2.21. The van der Waals surface area contributed by atoms with Crippen LogP contribution in [0.2, 0.25) is 0 Å². The first kappa shape index (κ1) is 21.2. The molecule has 0 radical (unpaired) electrons. The van der Waals surface area contributed by atoms with Gasteiger partial charge in [0.25, 0.3) is 0 Å². The number of hydrogen-bond donors (Lipinski definition) is 1. The van der Waals surface area contributed by atoms with Gasteiger partial charge in [-0.15, -0.1) is 4.36 Å². The van der Waals surface area contributed by atoms with Gasteiger partial charge in [0.05, 0.1) is 12.1 Å². The number of carbonyl (C=O) groups is 1. The smallest absolute Gasteiger partial charge is 0.316 e. The fourth-order valence-corrected chi connectivity index (χ4v) is 3.26. The lowest BCUT2D eigenvalue weighted by Crippen LogP contribution is -2.49. The average Bonchev–Trinajstić information content (AvgIpc) is 2.56. The van der Waals surface area contributed by atoms with Crippen LogP contribution < -0.4 is 5.32 Å². The van der Waals surface area contributed by atoms with Gasteiger partial charge in [0.15, 0.2) is 5.11 Å². The van der Waals surface area contributed by atoms with Crippen molar-refractivity contribution in [2.24, 2.45) is 4.36 Å². The summed E-state index contributed by atoms with van der Waals surface area (Å²) in [5.41, 5.74) is 1.79. The number of thiocarbonyl (C=S) groups is 1. The zero-order chi connectivity index (χ0) is 19.0. The van der Waals surface area contributed by atoms with Gasteiger partial charge in [-0.3, -0.25) is 9.69 Å². The van der Waals surface area contributed by atoms with E-state index in [9.17, 15) is 13.2 Å². The lowest BCUT2D eigenvalue weighted by atomic mass is 10.0. The van der Waals surface area contributed by atoms with Gasteiger partial charge in [0.1, 0.15) is 0 Å². The van der Waals surface area contributed by atoms with E-state index in [0.717, 1.165) is 24.8 Å². The van der Waals surface area contributed by atoms with Crippen LogP contribution in [0, 0.1) is 6.92 Å². The van der Waals surface area contributed by atoms with Crippen molar-refractivity contribution < 1.29 is 13.2 Å². The summed E-state index contributed by atoms with van der Waals surface area (Å²) in [6, 6.07) is 5.24. The molecule has 1 aromatic rings. The summed E-state index contributed by atoms with van der Waals surface area (Å²) in [5.74, 6) is -0.113. The van der Waals surface area contributed by atoms with E-state index in [1.54, 1.807) is 37.1 Å². The van der Waals surface area contributed by atoms with Crippen molar-refractivity contribution in [3.63, 3.8) is 0 Å². The fourth-order valence-electron chi connectivity index (χ4n) is 2.66. The third-order valence-corrected chi connectivity index (χ3v) is 4.71. The molecule has 0 aromatic heterocycles. The molecule has 138 valence electrons. The number of aryl methyl sites for hydroxylation is 1. The van der Waals surface area contributed by atoms with Crippen LogP contribution in [0.1, 0.15) is 44.2 Å². The van der Waals surface area contributed by atoms with Crippen LogP contribution in [-0.4, -0.2) is 37.4 Å². The first-order valence-electron chi connectivity index (χ1n) is 8.28. The second-order valence-corrected chi connectivity index (χ2v) is 6.78. The lowest BCUT2D eigenvalue weighted by molar-refractivity contribution is -0.128. The monoisotopic (exact) mass is 383 g/mol. The van der Waals surface area contributed by atoms with Gasteiger partial charge in [0.2, 0.25) is 5.91 Å². The SMILES string of the molecule is CCCC(CC)N(C(=O)Cc1ccc(C)c(N=S(=O)=O)c1)C(=S)NC. The molecule has 0 spiro atoms. The third kappa shape index (κ3) is 6.21. The highest BCUT2D eigenvalue weighted by atomic mass is 32.2. The number of nitrogens with one attached hydrogen (secondary N) is 1. The largest absolute Gasteiger partial charge is 0.365 e. The van der Waals surface area contributed by atoms with Crippen LogP contribution >= 0.6 is 12.2 Å². The first-order valence-corrected chi connectivity index (χ1v) is 9.72. The van der Waals surface area contributed by atoms with Gasteiger partial charge in [-0.2, -0.15) is 8.42 Å². The molecule has 1 aromatic carbocycles. The predicted octanol–water partition coefficient (Wildman–Crippen LogP) is 3.14. The maximum Gasteiger partial charge on any atom is 0.316 e. The highest BCUT2D eigenvalue weighted by molar-refractivity contribution is 7.80. The normalized spacial score (nSPS) is 11.5. The lowest BCUT2D eigenvalue weighted by Gasteiger charge is -2.31. The van der Waals surface area contributed by atoms with Crippen molar-refractivity contribution >= 4 is 39.4 Å². The number of carbonyl (C=O) groups excluding carboxylic acids is 1. The summed E-state index contributed by atoms with van der Waals surface area (Å²) in [7, 11) is -0.826. The molecule has 0 bridgehead atoms. The summed E-state index contributed by atoms with van der Waals surface area (Å²) in [4.78, 5) is 14.5. The van der Waals surface area contributed by atoms with E-state index in [4.69, 9.17) is 12.2 Å². The molecule has 1 atom stereocenters. The molecule has 0 aliphatic heterocycles. The minimum atomic E-state index is -2.53. The van der Waals surface area contributed by atoms with Crippen LogP contribution in [0.4, 0.5) is 5.69 Å². The van der Waals surface area contributed by atoms with Crippen LogP contribution in [0.15, 0.2) is 22.6 Å². The molecular formula is C17H25N3O3S2. The minimum Gasteiger partial charge on any atom is -0.365 e. The maximum absolute atomic E-state index is 12.9. The zero-order valence-electron chi connectivity index (χ0n) is 15.1. The van der Waals surface area contributed by atoms with Gasteiger partial charge in [-0.25, -0.2) is 0 Å². The quantitative estimate of drug-likeness (QED) is 0.732. The van der Waals surface area contributed by atoms with E-state index >= 15 is 0 Å². The van der Waals surface area contributed by atoms with Crippen molar-refractivity contribution in [3.05, 3.63) is 29.3 Å². The Hall–Kier alpha value is -1.80. The highest BCUT2D eigenvalue weighted by Gasteiger charge is 2.25. The van der Waals surface area contributed by atoms with E-state index in [-0.39, 0.29) is 18.4 Å². The molecule has 0 saturated carbocycles. The van der Waals surface area contributed by atoms with Gasteiger partial charge < -0.3 is 5.32 Å². The molecule has 0 aliphatic carbocycles. The Bertz CT molecular complexity index is 752. The van der Waals surface area contributed by atoms with Crippen molar-refractivity contribution in [2.45, 2.75) is 52.5 Å². The van der Waals surface area contributed by atoms with E-state index in [1.807, 2.05) is 6.92 Å². The second kappa shape index (κ2) is 10.2. The molecule has 1 rings (SSSR count). The van der Waals surface area contributed by atoms with E-state index in [1.165, 1.54) is 0 Å². The average molecular weight is 384 g/mol. The molecule has 1 N–H and O–H groups in total. The van der Waals surface area contributed by atoms with Crippen LogP contribution in [0.25, 0.3) is 0 Å². The van der Waals surface area contributed by atoms with E-state index in [0.29, 0.717) is 16.4 Å². The topological polar surface area (TPSA) is 78.8 Å². The number of amides is 1. The van der Waals surface area contributed by atoms with Crippen LogP contribution in [-0.2, 0) is 21.7 Å². The molecule has 0 saturated heterocycles. The Morgan fingerprint density at radius 2 is 2.04 bits per heavy atom.